The standard InChI is InChI=1S/C18H19ClN5O2S2/c1-5-18(10-28(25,26)24(4)17(21)23(18)3)14-11(2)15(27-16(14)19)13-6-12(7-20)8-22-9-13/h6,8-9,21H,3,5,10H2,1-2,4H3/q+1. The van der Waals surface area contributed by atoms with E-state index in [9.17, 15) is 8.42 Å². The number of guanidine groups is 1. The first-order valence-corrected chi connectivity index (χ1v) is 11.2. The monoisotopic (exact) mass is 436 g/mol. The fraction of sp³-hybridized carbons (Fsp3) is 0.333. The summed E-state index contributed by atoms with van der Waals surface area (Å²) in [5, 5.41) is 17.4. The van der Waals surface area contributed by atoms with E-state index in [1.54, 1.807) is 12.3 Å². The van der Waals surface area contributed by atoms with Crippen LogP contribution in [0, 0.1) is 23.7 Å². The highest BCUT2D eigenvalue weighted by Gasteiger charge is 2.54. The lowest BCUT2D eigenvalue weighted by molar-refractivity contribution is -0.514. The van der Waals surface area contributed by atoms with Crippen molar-refractivity contribution >= 4 is 45.6 Å². The van der Waals surface area contributed by atoms with E-state index in [2.05, 4.69) is 17.8 Å². The fourth-order valence-corrected chi connectivity index (χ4v) is 6.89. The molecule has 1 unspecified atom stereocenters. The lowest BCUT2D eigenvalue weighted by Crippen LogP contribution is -2.59. The van der Waals surface area contributed by atoms with E-state index in [1.807, 2.05) is 13.8 Å². The van der Waals surface area contributed by atoms with E-state index in [0.29, 0.717) is 21.9 Å². The molecule has 1 N–H and O–H groups in total. The molecule has 0 aliphatic carbocycles. The maximum Gasteiger partial charge on any atom is 0.401 e. The number of nitriles is 1. The number of hydrogen-bond acceptors (Lipinski definition) is 6. The molecule has 1 aliphatic heterocycles. The summed E-state index contributed by atoms with van der Waals surface area (Å²) in [6.07, 6.45) is 3.53. The summed E-state index contributed by atoms with van der Waals surface area (Å²) in [6, 6.07) is 3.79. The minimum Gasteiger partial charge on any atom is -0.263 e. The molecule has 3 rings (SSSR count). The van der Waals surface area contributed by atoms with Crippen LogP contribution < -0.4 is 0 Å². The van der Waals surface area contributed by atoms with Crippen LogP contribution >= 0.6 is 22.9 Å². The van der Waals surface area contributed by atoms with Gasteiger partial charge in [-0.05, 0) is 25.0 Å². The Hall–Kier alpha value is -2.28. The summed E-state index contributed by atoms with van der Waals surface area (Å²) in [4.78, 5) is 4.92. The van der Waals surface area contributed by atoms with E-state index in [4.69, 9.17) is 22.3 Å². The smallest absolute Gasteiger partial charge is 0.263 e. The van der Waals surface area contributed by atoms with E-state index in [1.165, 1.54) is 29.2 Å². The number of aromatic nitrogens is 1. The molecule has 7 nitrogen and oxygen atoms in total. The predicted octanol–water partition coefficient (Wildman–Crippen LogP) is 3.17. The molecule has 1 saturated heterocycles. The van der Waals surface area contributed by atoms with E-state index in [-0.39, 0.29) is 11.7 Å². The lowest BCUT2D eigenvalue weighted by Gasteiger charge is -2.39. The van der Waals surface area contributed by atoms with Crippen LogP contribution in [-0.4, -0.2) is 47.8 Å². The molecule has 1 aliphatic rings. The van der Waals surface area contributed by atoms with Gasteiger partial charge in [-0.3, -0.25) is 4.98 Å². The molecular weight excluding hydrogens is 418 g/mol. The molecule has 1 fully saturated rings. The molecular formula is C18H19ClN5O2S2+. The van der Waals surface area contributed by atoms with E-state index >= 15 is 0 Å². The molecule has 0 bridgehead atoms. The Morgan fingerprint density at radius 2 is 2.21 bits per heavy atom. The summed E-state index contributed by atoms with van der Waals surface area (Å²) in [5.41, 5.74) is 1.56. The highest BCUT2D eigenvalue weighted by Crippen LogP contribution is 2.48. The molecule has 0 amide bonds. The number of pyridine rings is 1. The second kappa shape index (κ2) is 6.95. The van der Waals surface area contributed by atoms with Gasteiger partial charge in [0.05, 0.1) is 12.6 Å². The molecule has 0 spiro atoms. The lowest BCUT2D eigenvalue weighted by atomic mass is 9.86. The third kappa shape index (κ3) is 2.92. The van der Waals surface area contributed by atoms with Crippen LogP contribution in [0.2, 0.25) is 4.34 Å². The summed E-state index contributed by atoms with van der Waals surface area (Å²) >= 11 is 7.93. The first-order valence-electron chi connectivity index (χ1n) is 8.39. The van der Waals surface area contributed by atoms with E-state index < -0.39 is 15.6 Å². The SMILES string of the molecule is C=[N+]1C(=N)N(C)S(=O)(=O)CC1(CC)c1c(Cl)sc(-c2cncc(C#N)c2)c1C. The summed E-state index contributed by atoms with van der Waals surface area (Å²) in [7, 11) is -2.34. The number of hydrogen-bond donors (Lipinski definition) is 1. The Bertz CT molecular complexity index is 1150. The van der Waals surface area contributed by atoms with Crippen LogP contribution in [0.3, 0.4) is 0 Å². The Balaban J connectivity index is 2.25. The first kappa shape index (κ1) is 20.5. The van der Waals surface area contributed by atoms with Crippen molar-refractivity contribution in [3.8, 4) is 16.5 Å². The Morgan fingerprint density at radius 3 is 2.82 bits per heavy atom. The molecule has 0 aromatic carbocycles. The van der Waals surface area contributed by atoms with Crippen LogP contribution in [0.25, 0.3) is 10.4 Å². The number of halogens is 1. The van der Waals surface area contributed by atoms with Gasteiger partial charge < -0.3 is 0 Å². The number of thiophene rings is 1. The number of nitrogens with zero attached hydrogens (tertiary/aromatic N) is 4. The second-order valence-corrected chi connectivity index (χ2v) is 10.3. The van der Waals surface area contributed by atoms with Crippen molar-refractivity contribution in [2.24, 2.45) is 0 Å². The predicted molar refractivity (Wildman–Crippen MR) is 111 cm³/mol. The van der Waals surface area contributed by atoms with Gasteiger partial charge in [0, 0.05) is 35.1 Å². The van der Waals surface area contributed by atoms with Crippen molar-refractivity contribution in [3.05, 3.63) is 39.5 Å². The van der Waals surface area contributed by atoms with Gasteiger partial charge in [-0.25, -0.2) is 4.58 Å². The molecule has 0 radical (unpaired) electrons. The zero-order valence-corrected chi connectivity index (χ0v) is 18.0. The van der Waals surface area contributed by atoms with Crippen molar-refractivity contribution < 1.29 is 13.0 Å². The average Bonchev–Trinajstić information content (AvgIpc) is 2.98. The summed E-state index contributed by atoms with van der Waals surface area (Å²) in [5.74, 6) is -0.434. The Morgan fingerprint density at radius 1 is 1.54 bits per heavy atom. The molecule has 0 saturated carbocycles. The van der Waals surface area contributed by atoms with Gasteiger partial charge >= 0.3 is 5.96 Å². The third-order valence-electron chi connectivity index (χ3n) is 5.19. The number of rotatable bonds is 3. The molecule has 2 aromatic heterocycles. The van der Waals surface area contributed by atoms with Gasteiger partial charge in [-0.2, -0.15) is 18.0 Å². The van der Waals surface area contributed by atoms with Gasteiger partial charge in [0.1, 0.15) is 21.7 Å². The normalized spacial score (nSPS) is 21.6. The zero-order valence-electron chi connectivity index (χ0n) is 15.7. The Labute approximate surface area is 173 Å². The molecule has 28 heavy (non-hydrogen) atoms. The van der Waals surface area contributed by atoms with Crippen molar-refractivity contribution in [2.45, 2.75) is 25.8 Å². The van der Waals surface area contributed by atoms with Gasteiger partial charge in [-0.1, -0.05) is 18.5 Å². The maximum atomic E-state index is 12.7. The van der Waals surface area contributed by atoms with Crippen LogP contribution in [0.1, 0.15) is 30.0 Å². The summed E-state index contributed by atoms with van der Waals surface area (Å²) < 4.78 is 28.2. The maximum absolute atomic E-state index is 12.7. The van der Waals surface area contributed by atoms with Gasteiger partial charge in [-0.15, -0.1) is 16.7 Å². The van der Waals surface area contributed by atoms with Crippen LogP contribution in [0.5, 0.6) is 0 Å². The van der Waals surface area contributed by atoms with Crippen LogP contribution in [0.4, 0.5) is 0 Å². The van der Waals surface area contributed by atoms with Crippen LogP contribution in [-0.2, 0) is 15.6 Å². The van der Waals surface area contributed by atoms with Crippen molar-refractivity contribution in [1.82, 2.24) is 9.29 Å². The summed E-state index contributed by atoms with van der Waals surface area (Å²) in [6.45, 7) is 7.71. The van der Waals surface area contributed by atoms with Gasteiger partial charge in [0.15, 0.2) is 0 Å². The highest BCUT2D eigenvalue weighted by atomic mass is 35.5. The molecule has 146 valence electrons. The molecule has 1 atom stereocenters. The van der Waals surface area contributed by atoms with Crippen molar-refractivity contribution in [1.29, 1.82) is 10.7 Å². The molecule has 10 heteroatoms. The topological polar surface area (TPSA) is 101 Å². The van der Waals surface area contributed by atoms with E-state index in [0.717, 1.165) is 20.3 Å². The highest BCUT2D eigenvalue weighted by molar-refractivity contribution is 7.89. The zero-order chi connectivity index (χ0) is 20.9. The van der Waals surface area contributed by atoms with Crippen LogP contribution in [0.15, 0.2) is 18.5 Å². The quantitative estimate of drug-likeness (QED) is 0.746. The van der Waals surface area contributed by atoms with Crippen molar-refractivity contribution in [3.63, 3.8) is 0 Å². The number of nitrogens with one attached hydrogen (secondary N) is 1. The second-order valence-electron chi connectivity index (χ2n) is 6.64. The average molecular weight is 437 g/mol. The number of sulfonamides is 1. The van der Waals surface area contributed by atoms with Gasteiger partial charge in [0.2, 0.25) is 0 Å². The Kier molecular flexibility index (Phi) is 5.08. The van der Waals surface area contributed by atoms with Gasteiger partial charge in [0.25, 0.3) is 10.0 Å². The first-order chi connectivity index (χ1) is 13.1. The largest absolute Gasteiger partial charge is 0.401 e. The fourth-order valence-electron chi connectivity index (χ4n) is 3.57. The third-order valence-corrected chi connectivity index (χ3v) is 8.59. The van der Waals surface area contributed by atoms with Crippen molar-refractivity contribution in [2.75, 3.05) is 12.8 Å². The molecule has 2 aromatic rings. The minimum absolute atomic E-state index is 0.204. The molecule has 3 heterocycles. The minimum atomic E-state index is -3.69.